The van der Waals surface area contributed by atoms with Crippen molar-refractivity contribution in [3.8, 4) is 0 Å². The van der Waals surface area contributed by atoms with Crippen LogP contribution in [0.4, 0.5) is 61.5 Å². The summed E-state index contributed by atoms with van der Waals surface area (Å²) in [6.07, 6.45) is -10.5. The summed E-state index contributed by atoms with van der Waals surface area (Å²) < 4.78 is 190. The summed E-state index contributed by atoms with van der Waals surface area (Å²) in [6.45, 7) is 0. The van der Waals surface area contributed by atoms with Crippen molar-refractivity contribution in [1.82, 2.24) is 0 Å². The highest BCUT2D eigenvalue weighted by atomic mass is 28.3. The first kappa shape index (κ1) is 26.2. The second-order valence-electron chi connectivity index (χ2n) is 4.95. The fraction of sp³-hybridized carbons (Fsp3) is 1.00. The lowest BCUT2D eigenvalue weighted by molar-refractivity contribution is -0.413. The van der Waals surface area contributed by atoms with Crippen molar-refractivity contribution in [2.45, 2.75) is 48.0 Å². The van der Waals surface area contributed by atoms with E-state index >= 15 is 0 Å². The van der Waals surface area contributed by atoms with Gasteiger partial charge in [0.1, 0.15) is 0 Å². The molecule has 0 spiro atoms. The Morgan fingerprint density at radius 3 is 1.22 bits per heavy atom. The van der Waals surface area contributed by atoms with Crippen LogP contribution in [-0.2, 0) is 8.85 Å². The predicted octanol–water partition coefficient (Wildman–Crippen LogP) is 4.16. The van der Waals surface area contributed by atoms with Crippen LogP contribution in [0, 0.1) is 0 Å². The fourth-order valence-corrected chi connectivity index (χ4v) is 2.85. The van der Waals surface area contributed by atoms with Gasteiger partial charge < -0.3 is 8.85 Å². The van der Waals surface area contributed by atoms with Crippen LogP contribution in [0.1, 0.15) is 0 Å². The predicted molar refractivity (Wildman–Crippen MR) is 61.7 cm³/mol. The Hall–Kier alpha value is -0.843. The van der Waals surface area contributed by atoms with Gasteiger partial charge in [0.05, 0.1) is 0 Å². The molecule has 0 saturated heterocycles. The number of hydrogen-bond donors (Lipinski definition) is 0. The molecule has 0 aromatic heterocycles. The van der Waals surface area contributed by atoms with Crippen LogP contribution < -0.4 is 0 Å². The van der Waals surface area contributed by atoms with Crippen molar-refractivity contribution in [1.29, 1.82) is 0 Å². The SMILES string of the molecule is CO[SiH](OC)C(F)C(F)(F)C(F)(F)C(F)(F)C(F)(F)C(F)(F)C(F)C(F)F. The van der Waals surface area contributed by atoms with E-state index in [0.29, 0.717) is 14.2 Å². The van der Waals surface area contributed by atoms with E-state index in [1.54, 1.807) is 0 Å². The van der Waals surface area contributed by atoms with E-state index in [1.165, 1.54) is 0 Å². The first-order chi connectivity index (χ1) is 11.8. The van der Waals surface area contributed by atoms with Crippen LogP contribution in [0.2, 0.25) is 0 Å². The molecule has 0 amide bonds. The molecule has 0 fully saturated rings. The molecule has 2 unspecified atom stereocenters. The molecular formula is C10H10F14O2Si. The normalized spacial score (nSPS) is 17.6. The van der Waals surface area contributed by atoms with Crippen molar-refractivity contribution in [2.24, 2.45) is 0 Å². The molecule has 27 heavy (non-hydrogen) atoms. The summed E-state index contributed by atoms with van der Waals surface area (Å²) in [7, 11) is -3.77. The molecule has 0 radical (unpaired) electrons. The summed E-state index contributed by atoms with van der Waals surface area (Å²) in [4.78, 5) is 0. The molecule has 0 aliphatic carbocycles. The highest BCUT2D eigenvalue weighted by molar-refractivity contribution is 6.46. The van der Waals surface area contributed by atoms with Crippen LogP contribution in [0.3, 0.4) is 0 Å². The zero-order chi connectivity index (χ0) is 22.2. The number of rotatable bonds is 10. The maximum Gasteiger partial charge on any atom is 0.384 e. The van der Waals surface area contributed by atoms with Crippen LogP contribution in [0.15, 0.2) is 0 Å². The van der Waals surface area contributed by atoms with Crippen molar-refractivity contribution in [3.63, 3.8) is 0 Å². The van der Waals surface area contributed by atoms with Gasteiger partial charge in [-0.1, -0.05) is 0 Å². The second kappa shape index (κ2) is 7.88. The summed E-state index contributed by atoms with van der Waals surface area (Å²) in [5.74, 6) is -41.8. The summed E-state index contributed by atoms with van der Waals surface area (Å²) >= 11 is 0. The Morgan fingerprint density at radius 2 is 0.926 bits per heavy atom. The number of hydrogen-bond acceptors (Lipinski definition) is 2. The van der Waals surface area contributed by atoms with E-state index < -0.39 is 57.3 Å². The van der Waals surface area contributed by atoms with Gasteiger partial charge in [0.25, 0.3) is 6.43 Å². The van der Waals surface area contributed by atoms with Crippen molar-refractivity contribution in [2.75, 3.05) is 14.2 Å². The van der Waals surface area contributed by atoms with Gasteiger partial charge in [-0.25, -0.2) is 17.6 Å². The summed E-state index contributed by atoms with van der Waals surface area (Å²) in [5, 5.41) is 0. The quantitative estimate of drug-likeness (QED) is 0.363. The molecule has 17 heteroatoms. The van der Waals surface area contributed by atoms with Gasteiger partial charge in [-0.15, -0.1) is 0 Å². The Balaban J connectivity index is 6.29. The van der Waals surface area contributed by atoms with Crippen LogP contribution in [0.5, 0.6) is 0 Å². The maximum absolute atomic E-state index is 13.5. The van der Waals surface area contributed by atoms with Gasteiger partial charge in [-0.3, -0.25) is 0 Å². The van der Waals surface area contributed by atoms with Crippen molar-refractivity contribution >= 4 is 9.28 Å². The Morgan fingerprint density at radius 1 is 0.593 bits per heavy atom. The molecule has 0 aliphatic heterocycles. The van der Waals surface area contributed by atoms with Gasteiger partial charge in [0.2, 0.25) is 12.0 Å². The lowest BCUT2D eigenvalue weighted by atomic mass is 9.92. The van der Waals surface area contributed by atoms with Crippen LogP contribution in [-0.4, -0.2) is 71.5 Å². The summed E-state index contributed by atoms with van der Waals surface area (Å²) in [6, 6.07) is 0. The topological polar surface area (TPSA) is 18.5 Å². The molecule has 0 aromatic rings. The molecule has 0 N–H and O–H groups in total. The fourth-order valence-electron chi connectivity index (χ4n) is 1.63. The van der Waals surface area contributed by atoms with Crippen LogP contribution in [0.25, 0.3) is 0 Å². The minimum atomic E-state index is -7.88. The van der Waals surface area contributed by atoms with Crippen LogP contribution >= 0.6 is 0 Å². The highest BCUT2D eigenvalue weighted by Gasteiger charge is 2.89. The van der Waals surface area contributed by atoms with E-state index in [4.69, 9.17) is 0 Å². The third-order valence-electron chi connectivity index (χ3n) is 3.24. The second-order valence-corrected chi connectivity index (χ2v) is 7.21. The van der Waals surface area contributed by atoms with E-state index in [9.17, 15) is 61.5 Å². The highest BCUT2D eigenvalue weighted by Crippen LogP contribution is 2.59. The lowest BCUT2D eigenvalue weighted by Gasteiger charge is -2.41. The van der Waals surface area contributed by atoms with E-state index in [-0.39, 0.29) is 0 Å². The maximum atomic E-state index is 13.5. The smallest absolute Gasteiger partial charge is 0.384 e. The minimum absolute atomic E-state index is 0.401. The van der Waals surface area contributed by atoms with Gasteiger partial charge in [-0.05, 0) is 0 Å². The molecular weight excluding hydrogens is 446 g/mol. The monoisotopic (exact) mass is 456 g/mol. The molecule has 0 saturated carbocycles. The molecule has 164 valence electrons. The number of halogens is 14. The molecule has 2 atom stereocenters. The van der Waals surface area contributed by atoms with E-state index in [0.717, 1.165) is 0 Å². The first-order valence-electron chi connectivity index (χ1n) is 6.29. The molecule has 0 rings (SSSR count). The molecule has 0 heterocycles. The Kier molecular flexibility index (Phi) is 7.64. The molecule has 0 bridgehead atoms. The molecule has 0 aliphatic rings. The molecule has 2 nitrogen and oxygen atoms in total. The summed E-state index contributed by atoms with van der Waals surface area (Å²) in [5.41, 5.74) is 0. The Labute approximate surface area is 143 Å². The standard InChI is InChI=1S/C10H10F14O2Si/c1-25-27(26-2)5(14)7(17,18)9(21,22)10(23,24)8(19,20)6(15,16)3(11)4(12)13/h3-5,27H,1-2H3. The molecule has 0 aromatic carbocycles. The average molecular weight is 456 g/mol. The van der Waals surface area contributed by atoms with Gasteiger partial charge in [-0.2, -0.15) is 43.9 Å². The van der Waals surface area contributed by atoms with Gasteiger partial charge in [0, 0.05) is 14.2 Å². The lowest BCUT2D eigenvalue weighted by Crippen LogP contribution is -2.72. The largest absolute Gasteiger partial charge is 0.398 e. The third-order valence-corrected chi connectivity index (χ3v) is 5.07. The number of alkyl halides is 14. The Bertz CT molecular complexity index is 494. The van der Waals surface area contributed by atoms with Gasteiger partial charge in [0.15, 0.2) is 0 Å². The minimum Gasteiger partial charge on any atom is -0.398 e. The van der Waals surface area contributed by atoms with Crippen molar-refractivity contribution in [3.05, 3.63) is 0 Å². The first-order valence-corrected chi connectivity index (χ1v) is 7.90. The van der Waals surface area contributed by atoms with E-state index in [2.05, 4.69) is 8.85 Å². The zero-order valence-corrected chi connectivity index (χ0v) is 14.1. The van der Waals surface area contributed by atoms with Gasteiger partial charge >= 0.3 is 38.9 Å². The van der Waals surface area contributed by atoms with Crippen molar-refractivity contribution < 1.29 is 70.3 Å². The van der Waals surface area contributed by atoms with E-state index in [1.807, 2.05) is 0 Å². The third kappa shape index (κ3) is 3.85. The average Bonchev–Trinajstić information content (AvgIpc) is 2.53. The zero-order valence-electron chi connectivity index (χ0n) is 12.9.